The summed E-state index contributed by atoms with van der Waals surface area (Å²) >= 11 is 3.32. The molecule has 0 aliphatic heterocycles. The summed E-state index contributed by atoms with van der Waals surface area (Å²) in [6.45, 7) is 2.61. The molecule has 0 atom stereocenters. The van der Waals surface area contributed by atoms with Crippen LogP contribution in [0.25, 0.3) is 0 Å². The minimum absolute atomic E-state index is 0.665. The van der Waals surface area contributed by atoms with Crippen LogP contribution in [0.3, 0.4) is 0 Å². The number of pyridine rings is 1. The van der Waals surface area contributed by atoms with Crippen LogP contribution >= 0.6 is 15.9 Å². The summed E-state index contributed by atoms with van der Waals surface area (Å²) in [5.74, 6) is 0.699. The first-order chi connectivity index (χ1) is 5.36. The van der Waals surface area contributed by atoms with Gasteiger partial charge in [0.25, 0.3) is 0 Å². The molecule has 0 unspecified atom stereocenters. The van der Waals surface area contributed by atoms with Gasteiger partial charge in [-0.25, -0.2) is 4.98 Å². The highest BCUT2D eigenvalue weighted by Gasteiger charge is 1.94. The number of rotatable bonds is 3. The normalized spacial score (nSPS) is 9.64. The molecular formula is C8H10BrNO. The predicted octanol–water partition coefficient (Wildman–Crippen LogP) is 2.38. The number of hydrogen-bond donors (Lipinski definition) is 0. The standard InChI is InChI=1S/C8H10BrNO/c1-2-11-8-5-3-4-7(6-9)10-8/h3-5H,2,6H2,1H3. The Bertz CT molecular complexity index is 227. The maximum Gasteiger partial charge on any atom is 0.213 e. The van der Waals surface area contributed by atoms with Gasteiger partial charge in [0.2, 0.25) is 5.88 Å². The molecule has 0 spiro atoms. The summed E-state index contributed by atoms with van der Waals surface area (Å²) in [5.41, 5.74) is 0.996. The van der Waals surface area contributed by atoms with E-state index >= 15 is 0 Å². The van der Waals surface area contributed by atoms with Gasteiger partial charge in [0.1, 0.15) is 0 Å². The van der Waals surface area contributed by atoms with E-state index in [1.165, 1.54) is 0 Å². The van der Waals surface area contributed by atoms with Crippen molar-refractivity contribution in [3.63, 3.8) is 0 Å². The molecule has 0 aromatic carbocycles. The minimum atomic E-state index is 0.665. The van der Waals surface area contributed by atoms with Gasteiger partial charge in [0, 0.05) is 11.4 Å². The third-order valence-corrected chi connectivity index (χ3v) is 1.78. The van der Waals surface area contributed by atoms with Crippen molar-refractivity contribution in [2.45, 2.75) is 12.3 Å². The molecule has 0 fully saturated rings. The van der Waals surface area contributed by atoms with Crippen LogP contribution < -0.4 is 4.74 Å². The summed E-state index contributed by atoms with van der Waals surface area (Å²) in [5, 5.41) is 0.772. The smallest absolute Gasteiger partial charge is 0.213 e. The quantitative estimate of drug-likeness (QED) is 0.723. The van der Waals surface area contributed by atoms with Gasteiger partial charge in [-0.15, -0.1) is 0 Å². The van der Waals surface area contributed by atoms with Crippen molar-refractivity contribution in [2.75, 3.05) is 6.61 Å². The molecule has 11 heavy (non-hydrogen) atoms. The fourth-order valence-corrected chi connectivity index (χ4v) is 1.07. The SMILES string of the molecule is CCOc1cccc(CBr)n1. The Morgan fingerprint density at radius 2 is 2.36 bits per heavy atom. The minimum Gasteiger partial charge on any atom is -0.478 e. The average Bonchev–Trinajstić information content (AvgIpc) is 2.06. The number of aromatic nitrogens is 1. The first-order valence-electron chi connectivity index (χ1n) is 3.51. The Balaban J connectivity index is 2.74. The highest BCUT2D eigenvalue weighted by atomic mass is 79.9. The van der Waals surface area contributed by atoms with Gasteiger partial charge in [-0.1, -0.05) is 22.0 Å². The van der Waals surface area contributed by atoms with Crippen LogP contribution in [-0.2, 0) is 5.33 Å². The Labute approximate surface area is 74.7 Å². The van der Waals surface area contributed by atoms with Crippen molar-refractivity contribution in [1.82, 2.24) is 4.98 Å². The van der Waals surface area contributed by atoms with Gasteiger partial charge in [-0.05, 0) is 13.0 Å². The third-order valence-electron chi connectivity index (χ3n) is 1.21. The number of nitrogens with zero attached hydrogens (tertiary/aromatic N) is 1. The van der Waals surface area contributed by atoms with E-state index in [1.54, 1.807) is 0 Å². The van der Waals surface area contributed by atoms with Crippen LogP contribution in [0.2, 0.25) is 0 Å². The zero-order valence-corrected chi connectivity index (χ0v) is 7.97. The second-order valence-electron chi connectivity index (χ2n) is 2.03. The number of halogens is 1. The molecule has 0 aliphatic carbocycles. The lowest BCUT2D eigenvalue weighted by Crippen LogP contribution is -1.95. The summed E-state index contributed by atoms with van der Waals surface area (Å²) in [4.78, 5) is 4.21. The first kappa shape index (κ1) is 8.53. The van der Waals surface area contributed by atoms with Crippen molar-refractivity contribution < 1.29 is 4.74 Å². The van der Waals surface area contributed by atoms with Crippen LogP contribution in [0.1, 0.15) is 12.6 Å². The van der Waals surface area contributed by atoms with Gasteiger partial charge in [0.15, 0.2) is 0 Å². The molecule has 1 rings (SSSR count). The molecule has 1 aromatic heterocycles. The Kier molecular flexibility index (Phi) is 3.36. The molecule has 0 saturated heterocycles. The van der Waals surface area contributed by atoms with E-state index in [1.807, 2.05) is 25.1 Å². The summed E-state index contributed by atoms with van der Waals surface area (Å²) in [6, 6.07) is 5.75. The maximum atomic E-state index is 5.22. The largest absolute Gasteiger partial charge is 0.478 e. The summed E-state index contributed by atoms with van der Waals surface area (Å²) in [6.07, 6.45) is 0. The van der Waals surface area contributed by atoms with Crippen LogP contribution in [0.5, 0.6) is 5.88 Å². The lowest BCUT2D eigenvalue weighted by Gasteiger charge is -2.01. The van der Waals surface area contributed by atoms with E-state index in [0.29, 0.717) is 12.5 Å². The van der Waals surface area contributed by atoms with Gasteiger partial charge in [-0.2, -0.15) is 0 Å². The van der Waals surface area contributed by atoms with E-state index in [2.05, 4.69) is 20.9 Å². The van der Waals surface area contributed by atoms with E-state index in [9.17, 15) is 0 Å². The highest BCUT2D eigenvalue weighted by Crippen LogP contribution is 2.09. The van der Waals surface area contributed by atoms with Crippen molar-refractivity contribution >= 4 is 15.9 Å². The number of hydrogen-bond acceptors (Lipinski definition) is 2. The maximum absolute atomic E-state index is 5.22. The molecule has 0 radical (unpaired) electrons. The second-order valence-corrected chi connectivity index (χ2v) is 2.59. The van der Waals surface area contributed by atoms with Gasteiger partial charge >= 0.3 is 0 Å². The molecule has 2 nitrogen and oxygen atoms in total. The molecule has 3 heteroatoms. The lowest BCUT2D eigenvalue weighted by molar-refractivity contribution is 0.326. The number of ether oxygens (including phenoxy) is 1. The van der Waals surface area contributed by atoms with Crippen molar-refractivity contribution in [3.8, 4) is 5.88 Å². The molecule has 60 valence electrons. The highest BCUT2D eigenvalue weighted by molar-refractivity contribution is 9.08. The van der Waals surface area contributed by atoms with Crippen LogP contribution in [0.4, 0.5) is 0 Å². The fourth-order valence-electron chi connectivity index (χ4n) is 0.760. The average molecular weight is 216 g/mol. The molecule has 0 N–H and O–H groups in total. The van der Waals surface area contributed by atoms with Crippen molar-refractivity contribution in [3.05, 3.63) is 23.9 Å². The second kappa shape index (κ2) is 4.34. The van der Waals surface area contributed by atoms with E-state index in [4.69, 9.17) is 4.74 Å². The monoisotopic (exact) mass is 215 g/mol. The van der Waals surface area contributed by atoms with Crippen molar-refractivity contribution in [1.29, 1.82) is 0 Å². The van der Waals surface area contributed by atoms with Crippen LogP contribution in [-0.4, -0.2) is 11.6 Å². The van der Waals surface area contributed by atoms with E-state index in [-0.39, 0.29) is 0 Å². The Morgan fingerprint density at radius 3 is 3.00 bits per heavy atom. The van der Waals surface area contributed by atoms with Crippen molar-refractivity contribution in [2.24, 2.45) is 0 Å². The molecule has 0 amide bonds. The first-order valence-corrected chi connectivity index (χ1v) is 4.63. The summed E-state index contributed by atoms with van der Waals surface area (Å²) < 4.78 is 5.22. The van der Waals surface area contributed by atoms with Gasteiger partial charge < -0.3 is 4.74 Å². The molecule has 0 bridgehead atoms. The zero-order chi connectivity index (χ0) is 8.10. The summed E-state index contributed by atoms with van der Waals surface area (Å²) in [7, 11) is 0. The number of alkyl halides is 1. The Morgan fingerprint density at radius 1 is 1.55 bits per heavy atom. The van der Waals surface area contributed by atoms with E-state index in [0.717, 1.165) is 11.0 Å². The topological polar surface area (TPSA) is 22.1 Å². The van der Waals surface area contributed by atoms with Crippen LogP contribution in [0.15, 0.2) is 18.2 Å². The van der Waals surface area contributed by atoms with E-state index < -0.39 is 0 Å². The molecule has 1 heterocycles. The molecule has 0 aliphatic rings. The lowest BCUT2D eigenvalue weighted by atomic mass is 10.4. The fraction of sp³-hybridized carbons (Fsp3) is 0.375. The molecule has 1 aromatic rings. The molecular weight excluding hydrogens is 206 g/mol. The zero-order valence-electron chi connectivity index (χ0n) is 6.38. The predicted molar refractivity (Wildman–Crippen MR) is 48.0 cm³/mol. The molecule has 0 saturated carbocycles. The van der Waals surface area contributed by atoms with Gasteiger partial charge in [-0.3, -0.25) is 0 Å². The van der Waals surface area contributed by atoms with Gasteiger partial charge in [0.05, 0.1) is 12.3 Å². The van der Waals surface area contributed by atoms with Crippen LogP contribution in [0, 0.1) is 0 Å². The Hall–Kier alpha value is -0.570. The third kappa shape index (κ3) is 2.50.